The van der Waals surface area contributed by atoms with Crippen molar-refractivity contribution in [1.29, 1.82) is 0 Å². The van der Waals surface area contributed by atoms with E-state index in [9.17, 15) is 4.79 Å². The summed E-state index contributed by atoms with van der Waals surface area (Å²) in [5, 5.41) is 5.56. The van der Waals surface area contributed by atoms with E-state index in [1.165, 1.54) is 0 Å². The van der Waals surface area contributed by atoms with Gasteiger partial charge in [-0.1, -0.05) is 18.2 Å². The Hall–Kier alpha value is -1.82. The fourth-order valence-corrected chi connectivity index (χ4v) is 4.17. The zero-order valence-corrected chi connectivity index (χ0v) is 19.4. The molecule has 1 saturated heterocycles. The first-order chi connectivity index (χ1) is 14.0. The van der Waals surface area contributed by atoms with Gasteiger partial charge in [0.1, 0.15) is 5.75 Å². The molecule has 0 saturated carbocycles. The van der Waals surface area contributed by atoms with Crippen molar-refractivity contribution in [2.45, 2.75) is 52.1 Å². The number of hydrogen-bond donors (Lipinski definition) is 1. The van der Waals surface area contributed by atoms with Gasteiger partial charge in [-0.2, -0.15) is 0 Å². The average Bonchev–Trinajstić information content (AvgIpc) is 2.72. The van der Waals surface area contributed by atoms with Gasteiger partial charge in [-0.3, -0.25) is 4.79 Å². The third-order valence-corrected chi connectivity index (χ3v) is 5.63. The van der Waals surface area contributed by atoms with Crippen molar-refractivity contribution in [3.05, 3.63) is 41.5 Å². The van der Waals surface area contributed by atoms with E-state index in [1.807, 2.05) is 23.1 Å². The summed E-state index contributed by atoms with van der Waals surface area (Å²) in [7, 11) is 1.69. The molecule has 0 unspecified atom stereocenters. The zero-order valence-electron chi connectivity index (χ0n) is 18.6. The number of nitrogens with zero attached hydrogens (tertiary/aromatic N) is 1. The summed E-state index contributed by atoms with van der Waals surface area (Å²) in [6.45, 7) is 9.39. The summed E-state index contributed by atoms with van der Waals surface area (Å²) in [6.07, 6.45) is 2.96. The van der Waals surface area contributed by atoms with Gasteiger partial charge >= 0.3 is 0 Å². The van der Waals surface area contributed by atoms with Gasteiger partial charge in [-0.15, -0.1) is 12.4 Å². The number of carbonyl (C=O) groups is 1. The minimum atomic E-state index is 0. The molecule has 1 fully saturated rings. The number of aryl methyl sites for hydroxylation is 1. The smallest absolute Gasteiger partial charge is 0.254 e. The van der Waals surface area contributed by atoms with Gasteiger partial charge in [-0.25, -0.2) is 0 Å². The topological polar surface area (TPSA) is 50.8 Å². The number of benzene rings is 2. The number of hydrogen-bond acceptors (Lipinski definition) is 4. The Morgan fingerprint density at radius 3 is 2.70 bits per heavy atom. The maximum atomic E-state index is 13.6. The molecule has 0 spiro atoms. The van der Waals surface area contributed by atoms with Crippen molar-refractivity contribution in [2.75, 3.05) is 33.4 Å². The number of carbonyl (C=O) groups excluding carboxylic acids is 1. The normalized spacial score (nSPS) is 16.4. The number of amides is 1. The fraction of sp³-hybridized carbons (Fsp3) is 0.542. The van der Waals surface area contributed by atoms with Gasteiger partial charge in [0.2, 0.25) is 0 Å². The second kappa shape index (κ2) is 11.5. The van der Waals surface area contributed by atoms with Gasteiger partial charge in [0.05, 0.1) is 6.61 Å². The molecule has 3 rings (SSSR count). The van der Waals surface area contributed by atoms with E-state index in [0.717, 1.165) is 54.4 Å². The summed E-state index contributed by atoms with van der Waals surface area (Å²) >= 11 is 0. The highest BCUT2D eigenvalue weighted by Crippen LogP contribution is 2.31. The SMILES string of the molecule is COCCCOc1cc(C(=O)N(C(C)C)[C@@H]2CCCNC2)cc2c(C)cccc12.Cl. The van der Waals surface area contributed by atoms with Crippen molar-refractivity contribution in [2.24, 2.45) is 0 Å². The zero-order chi connectivity index (χ0) is 20.8. The Morgan fingerprint density at radius 1 is 1.23 bits per heavy atom. The molecule has 2 aromatic rings. The lowest BCUT2D eigenvalue weighted by molar-refractivity contribution is 0.0573. The van der Waals surface area contributed by atoms with Gasteiger partial charge in [-0.05, 0) is 63.2 Å². The molecule has 0 aromatic heterocycles. The van der Waals surface area contributed by atoms with E-state index >= 15 is 0 Å². The molecule has 0 bridgehead atoms. The van der Waals surface area contributed by atoms with Crippen molar-refractivity contribution in [1.82, 2.24) is 10.2 Å². The predicted octanol–water partition coefficient (Wildman–Crippen LogP) is 4.59. The second-order valence-electron chi connectivity index (χ2n) is 8.15. The highest BCUT2D eigenvalue weighted by Gasteiger charge is 2.29. The van der Waals surface area contributed by atoms with Crippen LogP contribution in [0.25, 0.3) is 10.8 Å². The fourth-order valence-electron chi connectivity index (χ4n) is 4.17. The lowest BCUT2D eigenvalue weighted by atomic mass is 9.99. The molecule has 1 aliphatic heterocycles. The molecule has 0 aliphatic carbocycles. The van der Waals surface area contributed by atoms with Crippen LogP contribution >= 0.6 is 12.4 Å². The number of halogens is 1. The largest absolute Gasteiger partial charge is 0.493 e. The van der Waals surface area contributed by atoms with Crippen molar-refractivity contribution in [3.63, 3.8) is 0 Å². The first-order valence-electron chi connectivity index (χ1n) is 10.7. The van der Waals surface area contributed by atoms with Crippen LogP contribution in [0.15, 0.2) is 30.3 Å². The van der Waals surface area contributed by atoms with Gasteiger partial charge in [0, 0.05) is 49.7 Å². The molecule has 1 atom stereocenters. The summed E-state index contributed by atoms with van der Waals surface area (Å²) in [5.41, 5.74) is 1.85. The number of fused-ring (bicyclic) bond motifs is 1. The van der Waals surface area contributed by atoms with Gasteiger partial charge in [0.15, 0.2) is 0 Å². The second-order valence-corrected chi connectivity index (χ2v) is 8.15. The summed E-state index contributed by atoms with van der Waals surface area (Å²) in [6, 6.07) is 10.5. The maximum Gasteiger partial charge on any atom is 0.254 e. The number of piperidine rings is 1. The minimum absolute atomic E-state index is 0. The molecule has 1 heterocycles. The van der Waals surface area contributed by atoms with Crippen LogP contribution < -0.4 is 10.1 Å². The van der Waals surface area contributed by atoms with Crippen LogP contribution in [-0.2, 0) is 4.74 Å². The van der Waals surface area contributed by atoms with E-state index in [2.05, 4.69) is 38.2 Å². The Morgan fingerprint density at radius 2 is 2.03 bits per heavy atom. The Balaban J connectivity index is 0.00000320. The molecular weight excluding hydrogens is 400 g/mol. The number of ether oxygens (including phenoxy) is 2. The summed E-state index contributed by atoms with van der Waals surface area (Å²) in [5.74, 6) is 0.858. The van der Waals surface area contributed by atoms with Crippen LogP contribution in [-0.4, -0.2) is 56.3 Å². The molecule has 5 nitrogen and oxygen atoms in total. The molecule has 6 heteroatoms. The molecule has 1 amide bonds. The molecule has 166 valence electrons. The van der Waals surface area contributed by atoms with Crippen LogP contribution in [0.5, 0.6) is 5.75 Å². The van der Waals surface area contributed by atoms with E-state index in [-0.39, 0.29) is 30.4 Å². The number of methoxy groups -OCH3 is 1. The van der Waals surface area contributed by atoms with Gasteiger partial charge < -0.3 is 19.7 Å². The lowest BCUT2D eigenvalue weighted by Crippen LogP contribution is -2.51. The van der Waals surface area contributed by atoms with E-state index in [4.69, 9.17) is 9.47 Å². The Labute approximate surface area is 186 Å². The lowest BCUT2D eigenvalue weighted by Gasteiger charge is -2.37. The highest BCUT2D eigenvalue weighted by molar-refractivity contribution is 6.02. The first kappa shape index (κ1) is 24.4. The number of rotatable bonds is 8. The van der Waals surface area contributed by atoms with E-state index < -0.39 is 0 Å². The Bertz CT molecular complexity index is 835. The van der Waals surface area contributed by atoms with Crippen LogP contribution in [0, 0.1) is 6.92 Å². The van der Waals surface area contributed by atoms with E-state index in [1.54, 1.807) is 7.11 Å². The quantitative estimate of drug-likeness (QED) is 0.617. The molecular formula is C24H35ClN2O3. The molecule has 1 N–H and O–H groups in total. The number of nitrogens with one attached hydrogen (secondary N) is 1. The molecule has 0 radical (unpaired) electrons. The van der Waals surface area contributed by atoms with Crippen LogP contribution in [0.1, 0.15) is 49.0 Å². The van der Waals surface area contributed by atoms with Crippen LogP contribution in [0.3, 0.4) is 0 Å². The first-order valence-corrected chi connectivity index (χ1v) is 10.7. The molecule has 30 heavy (non-hydrogen) atoms. The maximum absolute atomic E-state index is 13.6. The average molecular weight is 435 g/mol. The minimum Gasteiger partial charge on any atom is -0.493 e. The van der Waals surface area contributed by atoms with Crippen LogP contribution in [0.2, 0.25) is 0 Å². The van der Waals surface area contributed by atoms with Crippen molar-refractivity contribution in [3.8, 4) is 5.75 Å². The van der Waals surface area contributed by atoms with Crippen molar-refractivity contribution < 1.29 is 14.3 Å². The third-order valence-electron chi connectivity index (χ3n) is 5.63. The van der Waals surface area contributed by atoms with Crippen LogP contribution in [0.4, 0.5) is 0 Å². The third kappa shape index (κ3) is 5.65. The highest BCUT2D eigenvalue weighted by atomic mass is 35.5. The monoisotopic (exact) mass is 434 g/mol. The van der Waals surface area contributed by atoms with E-state index in [0.29, 0.717) is 18.8 Å². The van der Waals surface area contributed by atoms with Gasteiger partial charge in [0.25, 0.3) is 5.91 Å². The standard InChI is InChI=1S/C24H34N2O3.ClH/c1-17(2)26(20-9-6-11-25-16-20)24(27)19-14-22-18(3)8-5-10-21(22)23(15-19)29-13-7-12-28-4;/h5,8,10,14-15,17,20,25H,6-7,9,11-13,16H2,1-4H3;1H/t20-;/m1./s1. The summed E-state index contributed by atoms with van der Waals surface area (Å²) < 4.78 is 11.2. The molecule has 1 aliphatic rings. The predicted molar refractivity (Wildman–Crippen MR) is 125 cm³/mol. The summed E-state index contributed by atoms with van der Waals surface area (Å²) in [4.78, 5) is 15.6. The molecule has 2 aromatic carbocycles. The Kier molecular flexibility index (Phi) is 9.40. The van der Waals surface area contributed by atoms with Crippen molar-refractivity contribution >= 4 is 29.1 Å².